The Morgan fingerprint density at radius 1 is 1.50 bits per heavy atom. The smallest absolute Gasteiger partial charge is 0.0368 e. The van der Waals surface area contributed by atoms with Gasteiger partial charge in [-0.3, -0.25) is 10.4 Å². The molecule has 1 rings (SSSR count). The van der Waals surface area contributed by atoms with Crippen LogP contribution in [-0.2, 0) is 13.1 Å². The van der Waals surface area contributed by atoms with Crippen molar-refractivity contribution in [1.82, 2.24) is 15.0 Å². The van der Waals surface area contributed by atoms with Gasteiger partial charge in [0.15, 0.2) is 0 Å². The van der Waals surface area contributed by atoms with Crippen LogP contribution in [0.5, 0.6) is 0 Å². The van der Waals surface area contributed by atoms with E-state index in [1.54, 1.807) is 0 Å². The van der Waals surface area contributed by atoms with Gasteiger partial charge in [-0.05, 0) is 18.6 Å². The molecule has 0 aliphatic rings. The molecule has 0 saturated heterocycles. The Morgan fingerprint density at radius 3 is 2.75 bits per heavy atom. The maximum absolute atomic E-state index is 3.22. The third-order valence-electron chi connectivity index (χ3n) is 1.78. The summed E-state index contributed by atoms with van der Waals surface area (Å²) in [6, 6.07) is 2.14. The van der Waals surface area contributed by atoms with Crippen molar-refractivity contribution in [2.45, 2.75) is 20.0 Å². The third-order valence-corrected chi connectivity index (χ3v) is 1.78. The summed E-state index contributed by atoms with van der Waals surface area (Å²) in [6.07, 6.45) is 4.27. The number of hydrogen-bond donors (Lipinski definition) is 1. The first-order valence-electron chi connectivity index (χ1n) is 4.28. The molecule has 3 nitrogen and oxygen atoms in total. The lowest BCUT2D eigenvalue weighted by Crippen LogP contribution is -2.29. The van der Waals surface area contributed by atoms with Crippen LogP contribution in [-0.4, -0.2) is 23.7 Å². The van der Waals surface area contributed by atoms with Crippen LogP contribution < -0.4 is 5.43 Å². The van der Waals surface area contributed by atoms with Gasteiger partial charge in [-0.25, -0.2) is 0 Å². The van der Waals surface area contributed by atoms with Crippen LogP contribution in [0.2, 0.25) is 0 Å². The van der Waals surface area contributed by atoms with E-state index in [-0.39, 0.29) is 0 Å². The lowest BCUT2D eigenvalue weighted by molar-refractivity contribution is 0.286. The predicted octanol–water partition coefficient (Wildman–Crippen LogP) is 1.07. The Bertz CT molecular complexity index is 227. The SMILES string of the molecule is CCn1ccc(CNN(C)C)c1. The summed E-state index contributed by atoms with van der Waals surface area (Å²) < 4.78 is 2.17. The fraction of sp³-hybridized carbons (Fsp3) is 0.556. The van der Waals surface area contributed by atoms with Gasteiger partial charge in [-0.2, -0.15) is 0 Å². The maximum atomic E-state index is 3.22. The van der Waals surface area contributed by atoms with E-state index >= 15 is 0 Å². The van der Waals surface area contributed by atoms with Gasteiger partial charge in [0, 0.05) is 39.6 Å². The molecule has 1 aromatic heterocycles. The van der Waals surface area contributed by atoms with Gasteiger partial charge in [0.25, 0.3) is 0 Å². The predicted molar refractivity (Wildman–Crippen MR) is 50.6 cm³/mol. The summed E-state index contributed by atoms with van der Waals surface area (Å²) in [5.74, 6) is 0. The average Bonchev–Trinajstić information content (AvgIpc) is 2.48. The molecule has 0 amide bonds. The molecule has 0 atom stereocenters. The quantitative estimate of drug-likeness (QED) is 0.677. The largest absolute Gasteiger partial charge is 0.354 e. The zero-order valence-electron chi connectivity index (χ0n) is 8.04. The average molecular weight is 167 g/mol. The molecule has 0 bridgehead atoms. The highest BCUT2D eigenvalue weighted by Gasteiger charge is 1.95. The molecule has 0 aliphatic heterocycles. The van der Waals surface area contributed by atoms with Gasteiger partial charge in [0.2, 0.25) is 0 Å². The van der Waals surface area contributed by atoms with Crippen LogP contribution in [0.25, 0.3) is 0 Å². The van der Waals surface area contributed by atoms with Crippen molar-refractivity contribution in [3.63, 3.8) is 0 Å². The molecule has 1 aromatic rings. The van der Waals surface area contributed by atoms with Crippen molar-refractivity contribution in [2.24, 2.45) is 0 Å². The van der Waals surface area contributed by atoms with Crippen LogP contribution in [0.1, 0.15) is 12.5 Å². The van der Waals surface area contributed by atoms with Crippen molar-refractivity contribution in [1.29, 1.82) is 0 Å². The van der Waals surface area contributed by atoms with Gasteiger partial charge in [0.05, 0.1) is 0 Å². The van der Waals surface area contributed by atoms with E-state index in [4.69, 9.17) is 0 Å². The lowest BCUT2D eigenvalue weighted by atomic mass is 10.3. The van der Waals surface area contributed by atoms with E-state index in [0.29, 0.717) is 0 Å². The van der Waals surface area contributed by atoms with Crippen LogP contribution in [0.4, 0.5) is 0 Å². The first-order chi connectivity index (χ1) is 5.72. The molecule has 0 radical (unpaired) electrons. The normalized spacial score (nSPS) is 11.0. The molecule has 0 saturated carbocycles. The molecule has 1 heterocycles. The van der Waals surface area contributed by atoms with Crippen molar-refractivity contribution in [3.05, 3.63) is 24.0 Å². The molecular weight excluding hydrogens is 150 g/mol. The van der Waals surface area contributed by atoms with Crippen LogP contribution in [0.3, 0.4) is 0 Å². The molecule has 0 unspecified atom stereocenters. The van der Waals surface area contributed by atoms with E-state index in [1.165, 1.54) is 5.56 Å². The maximum Gasteiger partial charge on any atom is 0.0368 e. The monoisotopic (exact) mass is 167 g/mol. The standard InChI is InChI=1S/C9H17N3/c1-4-12-6-5-9(8-12)7-10-11(2)3/h5-6,8,10H,4,7H2,1-3H3. The first-order valence-corrected chi connectivity index (χ1v) is 4.28. The Balaban J connectivity index is 2.41. The molecule has 68 valence electrons. The summed E-state index contributed by atoms with van der Waals surface area (Å²) in [4.78, 5) is 0. The fourth-order valence-corrected chi connectivity index (χ4v) is 1.04. The second-order valence-corrected chi connectivity index (χ2v) is 3.08. The minimum Gasteiger partial charge on any atom is -0.354 e. The van der Waals surface area contributed by atoms with Gasteiger partial charge >= 0.3 is 0 Å². The van der Waals surface area contributed by atoms with Gasteiger partial charge in [-0.1, -0.05) is 0 Å². The number of aryl methyl sites for hydroxylation is 1. The number of hydrazine groups is 1. The number of nitrogens with zero attached hydrogens (tertiary/aromatic N) is 2. The van der Waals surface area contributed by atoms with Crippen molar-refractivity contribution < 1.29 is 0 Å². The highest BCUT2D eigenvalue weighted by atomic mass is 15.5. The Hall–Kier alpha value is -0.800. The second-order valence-electron chi connectivity index (χ2n) is 3.08. The van der Waals surface area contributed by atoms with Crippen LogP contribution >= 0.6 is 0 Å². The zero-order valence-corrected chi connectivity index (χ0v) is 8.04. The highest BCUT2D eigenvalue weighted by Crippen LogP contribution is 2.00. The summed E-state index contributed by atoms with van der Waals surface area (Å²) in [5.41, 5.74) is 4.54. The Morgan fingerprint density at radius 2 is 2.25 bits per heavy atom. The molecule has 0 spiro atoms. The van der Waals surface area contributed by atoms with Crippen molar-refractivity contribution in [2.75, 3.05) is 14.1 Å². The van der Waals surface area contributed by atoms with E-state index in [2.05, 4.69) is 35.4 Å². The van der Waals surface area contributed by atoms with Crippen LogP contribution in [0.15, 0.2) is 18.5 Å². The van der Waals surface area contributed by atoms with Gasteiger partial charge in [0.1, 0.15) is 0 Å². The van der Waals surface area contributed by atoms with Gasteiger partial charge in [-0.15, -0.1) is 0 Å². The molecule has 3 heteroatoms. The van der Waals surface area contributed by atoms with E-state index < -0.39 is 0 Å². The Kier molecular flexibility index (Phi) is 3.31. The summed E-state index contributed by atoms with van der Waals surface area (Å²) in [7, 11) is 3.99. The first kappa shape index (κ1) is 9.29. The van der Waals surface area contributed by atoms with Crippen LogP contribution in [0, 0.1) is 0 Å². The van der Waals surface area contributed by atoms with Gasteiger partial charge < -0.3 is 4.57 Å². The minimum atomic E-state index is 0.903. The summed E-state index contributed by atoms with van der Waals surface area (Å²) in [5, 5.41) is 1.96. The summed E-state index contributed by atoms with van der Waals surface area (Å²) >= 11 is 0. The lowest BCUT2D eigenvalue weighted by Gasteiger charge is -2.10. The summed E-state index contributed by atoms with van der Waals surface area (Å²) in [6.45, 7) is 4.09. The van der Waals surface area contributed by atoms with Crippen molar-refractivity contribution >= 4 is 0 Å². The van der Waals surface area contributed by atoms with E-state index in [9.17, 15) is 0 Å². The van der Waals surface area contributed by atoms with E-state index in [1.807, 2.05) is 19.1 Å². The van der Waals surface area contributed by atoms with Crippen molar-refractivity contribution in [3.8, 4) is 0 Å². The number of nitrogens with one attached hydrogen (secondary N) is 1. The molecular formula is C9H17N3. The van der Waals surface area contributed by atoms with E-state index in [0.717, 1.165) is 13.1 Å². The molecule has 0 aromatic carbocycles. The number of aromatic nitrogens is 1. The topological polar surface area (TPSA) is 20.2 Å². The third kappa shape index (κ3) is 2.68. The zero-order chi connectivity index (χ0) is 8.97. The second kappa shape index (κ2) is 4.28. The minimum absolute atomic E-state index is 0.903. The highest BCUT2D eigenvalue weighted by molar-refractivity contribution is 5.09. The molecule has 12 heavy (non-hydrogen) atoms. The molecule has 1 N–H and O–H groups in total. The molecule has 0 fully saturated rings. The number of rotatable bonds is 4. The molecule has 0 aliphatic carbocycles. The fourth-order valence-electron chi connectivity index (χ4n) is 1.04. The number of hydrogen-bond acceptors (Lipinski definition) is 2. The Labute approximate surface area is 74.0 Å².